The van der Waals surface area contributed by atoms with E-state index in [0.29, 0.717) is 48.9 Å². The third kappa shape index (κ3) is 4.71. The molecule has 7 nitrogen and oxygen atoms in total. The number of rotatable bonds is 8. The van der Waals surface area contributed by atoms with E-state index in [4.69, 9.17) is 19.9 Å². The van der Waals surface area contributed by atoms with Gasteiger partial charge in [0.2, 0.25) is 5.88 Å². The van der Waals surface area contributed by atoms with Crippen LogP contribution in [-0.2, 0) is 16.1 Å². The lowest BCUT2D eigenvalue weighted by Crippen LogP contribution is -2.21. The number of anilines is 2. The quantitative estimate of drug-likeness (QED) is 0.756. The summed E-state index contributed by atoms with van der Waals surface area (Å²) in [6, 6.07) is 0. The number of nitrogens with two attached hydrogens (primary N) is 1. The van der Waals surface area contributed by atoms with Gasteiger partial charge in [-0.15, -0.1) is 0 Å². The maximum Gasteiger partial charge on any atom is 0.242 e. The minimum absolute atomic E-state index is 0.209. The topological polar surface area (TPSA) is 91.5 Å². The largest absolute Gasteiger partial charge is 0.476 e. The summed E-state index contributed by atoms with van der Waals surface area (Å²) in [6.45, 7) is 6.51. The van der Waals surface area contributed by atoms with Gasteiger partial charge in [-0.05, 0) is 18.8 Å². The molecule has 1 fully saturated rings. The van der Waals surface area contributed by atoms with E-state index in [-0.39, 0.29) is 6.10 Å². The van der Waals surface area contributed by atoms with Crippen molar-refractivity contribution in [3.05, 3.63) is 5.82 Å². The maximum absolute atomic E-state index is 6.13. The van der Waals surface area contributed by atoms with Crippen LogP contribution < -0.4 is 15.8 Å². The number of nitrogen functional groups attached to an aromatic ring is 1. The van der Waals surface area contributed by atoms with E-state index >= 15 is 0 Å². The highest BCUT2D eigenvalue weighted by Gasteiger charge is 2.18. The molecule has 0 bridgehead atoms. The number of ether oxygens (including phenoxy) is 3. The van der Waals surface area contributed by atoms with Crippen LogP contribution in [0, 0.1) is 5.92 Å². The Balaban J connectivity index is 2.10. The van der Waals surface area contributed by atoms with Gasteiger partial charge < -0.3 is 25.3 Å². The minimum Gasteiger partial charge on any atom is -0.476 e. The molecule has 3 N–H and O–H groups in total. The summed E-state index contributed by atoms with van der Waals surface area (Å²) >= 11 is 0. The van der Waals surface area contributed by atoms with Crippen LogP contribution in [0.5, 0.6) is 5.88 Å². The molecule has 1 aromatic heterocycles. The SMILES string of the molecule is COCc1nc(NCC2CCCO2)c(N)c(OCC(C)C)n1. The number of nitrogens with zero attached hydrogens (tertiary/aromatic N) is 2. The predicted octanol–water partition coefficient (Wildman–Crippen LogP) is 1.83. The molecule has 2 heterocycles. The van der Waals surface area contributed by atoms with Crippen molar-refractivity contribution in [1.82, 2.24) is 9.97 Å². The lowest BCUT2D eigenvalue weighted by Gasteiger charge is -2.16. The molecule has 1 aromatic rings. The molecule has 1 aliphatic rings. The zero-order valence-corrected chi connectivity index (χ0v) is 13.6. The van der Waals surface area contributed by atoms with Gasteiger partial charge in [0.15, 0.2) is 11.6 Å². The number of aromatic nitrogens is 2. The van der Waals surface area contributed by atoms with Crippen LogP contribution in [0.2, 0.25) is 0 Å². The summed E-state index contributed by atoms with van der Waals surface area (Å²) in [5.74, 6) is 1.93. The Morgan fingerprint density at radius 1 is 1.41 bits per heavy atom. The molecule has 1 aliphatic heterocycles. The van der Waals surface area contributed by atoms with Crippen LogP contribution in [0.1, 0.15) is 32.5 Å². The summed E-state index contributed by atoms with van der Waals surface area (Å²) in [7, 11) is 1.60. The van der Waals surface area contributed by atoms with E-state index in [2.05, 4.69) is 29.1 Å². The highest BCUT2D eigenvalue weighted by atomic mass is 16.5. The third-order valence-electron chi connectivity index (χ3n) is 3.30. The van der Waals surface area contributed by atoms with Crippen LogP contribution in [-0.4, -0.2) is 42.9 Å². The van der Waals surface area contributed by atoms with Gasteiger partial charge in [-0.3, -0.25) is 0 Å². The van der Waals surface area contributed by atoms with Crippen molar-refractivity contribution in [3.63, 3.8) is 0 Å². The van der Waals surface area contributed by atoms with Crippen LogP contribution in [0.25, 0.3) is 0 Å². The van der Waals surface area contributed by atoms with E-state index in [1.807, 2.05) is 0 Å². The Morgan fingerprint density at radius 2 is 2.23 bits per heavy atom. The molecular weight excluding hydrogens is 284 g/mol. The van der Waals surface area contributed by atoms with Crippen molar-refractivity contribution < 1.29 is 14.2 Å². The summed E-state index contributed by atoms with van der Waals surface area (Å²) in [5.41, 5.74) is 6.55. The average molecular weight is 310 g/mol. The lowest BCUT2D eigenvalue weighted by molar-refractivity contribution is 0.120. The predicted molar refractivity (Wildman–Crippen MR) is 85.0 cm³/mol. The molecule has 0 aliphatic carbocycles. The fraction of sp³-hybridized carbons (Fsp3) is 0.733. The first-order valence-corrected chi connectivity index (χ1v) is 7.73. The highest BCUT2D eigenvalue weighted by molar-refractivity contribution is 5.67. The lowest BCUT2D eigenvalue weighted by atomic mass is 10.2. The van der Waals surface area contributed by atoms with Gasteiger partial charge in [-0.25, -0.2) is 4.98 Å². The Labute approximate surface area is 131 Å². The Morgan fingerprint density at radius 3 is 2.86 bits per heavy atom. The van der Waals surface area contributed by atoms with Crippen LogP contribution >= 0.6 is 0 Å². The molecule has 0 aromatic carbocycles. The van der Waals surface area contributed by atoms with E-state index in [1.165, 1.54) is 0 Å². The molecule has 7 heteroatoms. The molecule has 0 spiro atoms. The van der Waals surface area contributed by atoms with Crippen LogP contribution in [0.4, 0.5) is 11.5 Å². The Kier molecular flexibility index (Phi) is 6.21. The van der Waals surface area contributed by atoms with E-state index in [1.54, 1.807) is 7.11 Å². The van der Waals surface area contributed by atoms with E-state index in [9.17, 15) is 0 Å². The molecule has 1 atom stereocenters. The average Bonchev–Trinajstić information content (AvgIpc) is 2.99. The van der Waals surface area contributed by atoms with Gasteiger partial charge in [-0.2, -0.15) is 4.98 Å². The summed E-state index contributed by atoms with van der Waals surface area (Å²) in [5, 5.41) is 3.25. The number of hydrogen-bond donors (Lipinski definition) is 2. The number of methoxy groups -OCH3 is 1. The smallest absolute Gasteiger partial charge is 0.242 e. The molecule has 2 rings (SSSR count). The minimum atomic E-state index is 0.209. The maximum atomic E-state index is 6.13. The van der Waals surface area contributed by atoms with Crippen LogP contribution in [0.15, 0.2) is 0 Å². The molecule has 0 amide bonds. The summed E-state index contributed by atoms with van der Waals surface area (Å²) in [4.78, 5) is 8.72. The van der Waals surface area contributed by atoms with E-state index in [0.717, 1.165) is 19.4 Å². The summed E-state index contributed by atoms with van der Waals surface area (Å²) < 4.78 is 16.4. The molecule has 124 valence electrons. The van der Waals surface area contributed by atoms with Gasteiger partial charge in [0.25, 0.3) is 0 Å². The van der Waals surface area contributed by atoms with Gasteiger partial charge >= 0.3 is 0 Å². The Hall–Kier alpha value is -1.60. The fourth-order valence-electron chi connectivity index (χ4n) is 2.19. The normalized spacial score (nSPS) is 17.9. The first-order valence-electron chi connectivity index (χ1n) is 7.73. The molecule has 22 heavy (non-hydrogen) atoms. The third-order valence-corrected chi connectivity index (χ3v) is 3.30. The zero-order valence-electron chi connectivity index (χ0n) is 13.6. The first kappa shape index (κ1) is 16.8. The van der Waals surface area contributed by atoms with Crippen molar-refractivity contribution >= 4 is 11.5 Å². The Bertz CT molecular complexity index is 476. The second kappa shape index (κ2) is 8.14. The zero-order chi connectivity index (χ0) is 15.9. The standard InChI is InChI=1S/C15H26N4O3/c1-10(2)8-22-15-13(16)14(18-12(19-15)9-20-3)17-7-11-5-4-6-21-11/h10-11H,4-9,16H2,1-3H3,(H,17,18,19). The van der Waals surface area contributed by atoms with Crippen molar-refractivity contribution in [3.8, 4) is 5.88 Å². The van der Waals surface area contributed by atoms with Gasteiger partial charge in [0, 0.05) is 20.3 Å². The monoisotopic (exact) mass is 310 g/mol. The summed E-state index contributed by atoms with van der Waals surface area (Å²) in [6.07, 6.45) is 2.36. The van der Waals surface area contributed by atoms with Crippen molar-refractivity contribution in [2.45, 2.75) is 39.4 Å². The van der Waals surface area contributed by atoms with Crippen LogP contribution in [0.3, 0.4) is 0 Å². The second-order valence-corrected chi connectivity index (χ2v) is 5.86. The molecule has 0 radical (unpaired) electrons. The van der Waals surface area contributed by atoms with E-state index < -0.39 is 0 Å². The van der Waals surface area contributed by atoms with Crippen molar-refractivity contribution in [1.29, 1.82) is 0 Å². The van der Waals surface area contributed by atoms with Gasteiger partial charge in [-0.1, -0.05) is 13.8 Å². The number of nitrogens with one attached hydrogen (secondary N) is 1. The van der Waals surface area contributed by atoms with Gasteiger partial charge in [0.1, 0.15) is 12.3 Å². The van der Waals surface area contributed by atoms with Crippen molar-refractivity contribution in [2.24, 2.45) is 5.92 Å². The first-order chi connectivity index (χ1) is 10.6. The second-order valence-electron chi connectivity index (χ2n) is 5.86. The molecular formula is C15H26N4O3. The highest BCUT2D eigenvalue weighted by Crippen LogP contribution is 2.27. The van der Waals surface area contributed by atoms with Crippen molar-refractivity contribution in [2.75, 3.05) is 37.9 Å². The molecule has 0 saturated carbocycles. The molecule has 1 saturated heterocycles. The van der Waals surface area contributed by atoms with Gasteiger partial charge in [0.05, 0.1) is 12.7 Å². The fourth-order valence-corrected chi connectivity index (χ4v) is 2.19. The number of hydrogen-bond acceptors (Lipinski definition) is 7. The molecule has 1 unspecified atom stereocenters.